The highest BCUT2D eigenvalue weighted by molar-refractivity contribution is 5.94. The molecule has 2 heterocycles. The summed E-state index contributed by atoms with van der Waals surface area (Å²) in [5.74, 6) is 1.56. The van der Waals surface area contributed by atoms with Gasteiger partial charge in [0.05, 0.1) is 12.7 Å². The minimum atomic E-state index is -0.181. The molecule has 7 nitrogen and oxygen atoms in total. The van der Waals surface area contributed by atoms with Crippen LogP contribution in [0.15, 0.2) is 36.7 Å². The average Bonchev–Trinajstić information content (AvgIpc) is 3.58. The number of aromatic nitrogens is 3. The smallest absolute Gasteiger partial charge is 0.224 e. The molecule has 0 bridgehead atoms. The summed E-state index contributed by atoms with van der Waals surface area (Å²) >= 11 is 0. The third-order valence-electron chi connectivity index (χ3n) is 7.27. The minimum Gasteiger partial charge on any atom is -0.395 e. The summed E-state index contributed by atoms with van der Waals surface area (Å²) in [4.78, 5) is 9.68. The van der Waals surface area contributed by atoms with Crippen molar-refractivity contribution in [3.63, 3.8) is 0 Å². The fourth-order valence-corrected chi connectivity index (χ4v) is 5.19. The Bertz CT molecular complexity index is 1080. The van der Waals surface area contributed by atoms with Crippen molar-refractivity contribution in [3.8, 4) is 11.1 Å². The highest BCUT2D eigenvalue weighted by Gasteiger charge is 2.26. The molecule has 0 aliphatic heterocycles. The first-order valence-electron chi connectivity index (χ1n) is 12.8. The molecule has 0 radical (unpaired) electrons. The van der Waals surface area contributed by atoms with Crippen molar-refractivity contribution in [2.24, 2.45) is 5.92 Å². The average molecular weight is 464 g/mol. The van der Waals surface area contributed by atoms with Gasteiger partial charge in [0.2, 0.25) is 5.95 Å². The van der Waals surface area contributed by atoms with Gasteiger partial charge < -0.3 is 25.4 Å². The van der Waals surface area contributed by atoms with Crippen molar-refractivity contribution in [1.82, 2.24) is 19.9 Å². The van der Waals surface area contributed by atoms with Crippen molar-refractivity contribution in [3.05, 3.63) is 42.2 Å². The van der Waals surface area contributed by atoms with Crippen LogP contribution in [0.5, 0.6) is 0 Å². The number of hydrogen-bond acceptors (Lipinski definition) is 6. The SMILES string of the molecule is C[C@H](CC1CC1)Nc1ncc2c(-c3ccc(CNCCO)cc3)cn([C@H]3CC[C@H](O)CC3)c2n1. The quantitative estimate of drug-likeness (QED) is 0.336. The van der Waals surface area contributed by atoms with Gasteiger partial charge in [-0.05, 0) is 56.1 Å². The second-order valence-electron chi connectivity index (χ2n) is 10.2. The fourth-order valence-electron chi connectivity index (χ4n) is 5.19. The topological polar surface area (TPSA) is 95.2 Å². The molecular formula is C27H37N5O2. The molecule has 1 atom stereocenters. The number of aliphatic hydroxyl groups is 2. The molecule has 7 heteroatoms. The zero-order valence-electron chi connectivity index (χ0n) is 20.1. The molecule has 5 rings (SSSR count). The molecule has 34 heavy (non-hydrogen) atoms. The van der Waals surface area contributed by atoms with E-state index in [1.165, 1.54) is 24.8 Å². The molecule has 2 aliphatic rings. The van der Waals surface area contributed by atoms with Crippen LogP contribution in [0.1, 0.15) is 63.5 Å². The molecule has 2 aliphatic carbocycles. The van der Waals surface area contributed by atoms with E-state index in [0.29, 0.717) is 24.6 Å². The summed E-state index contributed by atoms with van der Waals surface area (Å²) in [5, 5.41) is 26.8. The predicted molar refractivity (Wildman–Crippen MR) is 136 cm³/mol. The van der Waals surface area contributed by atoms with E-state index in [2.05, 4.69) is 57.6 Å². The van der Waals surface area contributed by atoms with Gasteiger partial charge in [0.15, 0.2) is 0 Å². The second kappa shape index (κ2) is 10.4. The Morgan fingerprint density at radius 3 is 2.56 bits per heavy atom. The number of aliphatic hydroxyl groups excluding tert-OH is 2. The number of fused-ring (bicyclic) bond motifs is 1. The van der Waals surface area contributed by atoms with Gasteiger partial charge in [0.1, 0.15) is 5.65 Å². The molecule has 0 spiro atoms. The van der Waals surface area contributed by atoms with Crippen molar-refractivity contribution in [2.75, 3.05) is 18.5 Å². The third-order valence-corrected chi connectivity index (χ3v) is 7.27. The maximum atomic E-state index is 10.0. The summed E-state index contributed by atoms with van der Waals surface area (Å²) in [6.07, 6.45) is 11.5. The summed E-state index contributed by atoms with van der Waals surface area (Å²) in [5.41, 5.74) is 4.46. The highest BCUT2D eigenvalue weighted by Crippen LogP contribution is 2.37. The summed E-state index contributed by atoms with van der Waals surface area (Å²) < 4.78 is 2.33. The van der Waals surface area contributed by atoms with Crippen molar-refractivity contribution in [2.45, 2.75) is 76.6 Å². The lowest BCUT2D eigenvalue weighted by Crippen LogP contribution is -2.21. The van der Waals surface area contributed by atoms with E-state index in [1.54, 1.807) is 0 Å². The number of nitrogens with zero attached hydrogens (tertiary/aromatic N) is 3. The first-order chi connectivity index (χ1) is 16.6. The van der Waals surface area contributed by atoms with E-state index in [0.717, 1.165) is 60.3 Å². The van der Waals surface area contributed by atoms with Crippen LogP contribution < -0.4 is 10.6 Å². The maximum Gasteiger partial charge on any atom is 0.224 e. The predicted octanol–water partition coefficient (Wildman–Crippen LogP) is 4.26. The largest absolute Gasteiger partial charge is 0.395 e. The molecular weight excluding hydrogens is 426 g/mol. The zero-order chi connectivity index (χ0) is 23.5. The van der Waals surface area contributed by atoms with Gasteiger partial charge in [-0.2, -0.15) is 4.98 Å². The Morgan fingerprint density at radius 2 is 1.85 bits per heavy atom. The second-order valence-corrected chi connectivity index (χ2v) is 10.2. The molecule has 3 aromatic rings. The van der Waals surface area contributed by atoms with E-state index in [4.69, 9.17) is 10.1 Å². The molecule has 1 aromatic carbocycles. The zero-order valence-corrected chi connectivity index (χ0v) is 20.1. The minimum absolute atomic E-state index is 0.145. The van der Waals surface area contributed by atoms with Crippen LogP contribution in [-0.4, -0.2) is 50.0 Å². The van der Waals surface area contributed by atoms with Crippen LogP contribution in [0, 0.1) is 5.92 Å². The summed E-state index contributed by atoms with van der Waals surface area (Å²) in [7, 11) is 0. The molecule has 2 fully saturated rings. The van der Waals surface area contributed by atoms with E-state index in [1.807, 2.05) is 6.20 Å². The van der Waals surface area contributed by atoms with Gasteiger partial charge in [0.25, 0.3) is 0 Å². The highest BCUT2D eigenvalue weighted by atomic mass is 16.3. The van der Waals surface area contributed by atoms with Crippen molar-refractivity contribution < 1.29 is 10.2 Å². The van der Waals surface area contributed by atoms with Gasteiger partial charge in [-0.1, -0.05) is 37.1 Å². The lowest BCUT2D eigenvalue weighted by atomic mass is 9.93. The Kier molecular flexibility index (Phi) is 7.13. The van der Waals surface area contributed by atoms with Crippen molar-refractivity contribution in [1.29, 1.82) is 0 Å². The standard InChI is InChI=1S/C27H37N5O2/c1-18(14-19-2-3-19)30-27-29-16-24-25(21-6-4-20(5-7-21)15-28-12-13-33)17-32(26(24)31-27)22-8-10-23(34)11-9-22/h4-7,16-19,22-23,28,33-34H,2-3,8-15H2,1H3,(H,29,30,31)/t18-,22-,23-/m1/s1. The Hall–Kier alpha value is -2.48. The lowest BCUT2D eigenvalue weighted by Gasteiger charge is -2.27. The van der Waals surface area contributed by atoms with E-state index in [9.17, 15) is 5.11 Å². The van der Waals surface area contributed by atoms with Crippen LogP contribution in [0.2, 0.25) is 0 Å². The molecule has 2 aromatic heterocycles. The first-order valence-corrected chi connectivity index (χ1v) is 12.8. The Labute approximate surface area is 201 Å². The molecule has 4 N–H and O–H groups in total. The number of hydrogen-bond donors (Lipinski definition) is 4. The van der Waals surface area contributed by atoms with Gasteiger partial charge in [-0.3, -0.25) is 0 Å². The molecule has 0 unspecified atom stereocenters. The monoisotopic (exact) mass is 463 g/mol. The number of benzene rings is 1. The van der Waals surface area contributed by atoms with E-state index >= 15 is 0 Å². The maximum absolute atomic E-state index is 10.0. The van der Waals surface area contributed by atoms with Gasteiger partial charge in [-0.25, -0.2) is 4.98 Å². The molecule has 0 amide bonds. The fraction of sp³-hybridized carbons (Fsp3) is 0.556. The Morgan fingerprint density at radius 1 is 1.09 bits per heavy atom. The normalized spacial score (nSPS) is 21.6. The number of nitrogens with one attached hydrogen (secondary N) is 2. The van der Waals surface area contributed by atoms with Crippen LogP contribution >= 0.6 is 0 Å². The summed E-state index contributed by atoms with van der Waals surface area (Å²) in [6.45, 7) is 3.70. The van der Waals surface area contributed by atoms with Gasteiger partial charge in [-0.15, -0.1) is 0 Å². The lowest BCUT2D eigenvalue weighted by molar-refractivity contribution is 0.111. The molecule has 0 saturated heterocycles. The van der Waals surface area contributed by atoms with Crippen LogP contribution in [0.25, 0.3) is 22.2 Å². The number of anilines is 1. The molecule has 182 valence electrons. The van der Waals surface area contributed by atoms with Crippen LogP contribution in [-0.2, 0) is 6.54 Å². The van der Waals surface area contributed by atoms with Gasteiger partial charge in [0, 0.05) is 48.5 Å². The van der Waals surface area contributed by atoms with Crippen molar-refractivity contribution >= 4 is 17.0 Å². The van der Waals surface area contributed by atoms with E-state index in [-0.39, 0.29) is 12.7 Å². The third kappa shape index (κ3) is 5.43. The van der Waals surface area contributed by atoms with E-state index < -0.39 is 0 Å². The summed E-state index contributed by atoms with van der Waals surface area (Å²) in [6, 6.07) is 9.29. The first kappa shape index (κ1) is 23.3. The van der Waals surface area contributed by atoms with Gasteiger partial charge >= 0.3 is 0 Å². The Balaban J connectivity index is 1.45. The van der Waals surface area contributed by atoms with Crippen LogP contribution in [0.4, 0.5) is 5.95 Å². The molecule has 2 saturated carbocycles. The van der Waals surface area contributed by atoms with Crippen LogP contribution in [0.3, 0.4) is 0 Å². The number of rotatable bonds is 10.